The Morgan fingerprint density at radius 2 is 1.31 bits per heavy atom. The summed E-state index contributed by atoms with van der Waals surface area (Å²) in [5, 5.41) is 0. The first-order valence-corrected chi connectivity index (χ1v) is 5.07. The maximum absolute atomic E-state index is 2.37. The minimum absolute atomic E-state index is 0.489. The number of rotatable bonds is 0. The zero-order valence-corrected chi connectivity index (χ0v) is 9.07. The molecule has 1 aliphatic rings. The lowest BCUT2D eigenvalue weighted by molar-refractivity contribution is 0.392. The van der Waals surface area contributed by atoms with Gasteiger partial charge in [-0.3, -0.25) is 0 Å². The Hall–Kier alpha value is -0.780. The Morgan fingerprint density at radius 3 is 1.69 bits per heavy atom. The summed E-state index contributed by atoms with van der Waals surface area (Å²) < 4.78 is 0. The van der Waals surface area contributed by atoms with Gasteiger partial charge in [-0.25, -0.2) is 0 Å². The van der Waals surface area contributed by atoms with Crippen LogP contribution in [0.4, 0.5) is 0 Å². The molecule has 0 N–H and O–H groups in total. The molecule has 0 aromatic heterocycles. The molecule has 0 amide bonds. The van der Waals surface area contributed by atoms with Crippen molar-refractivity contribution >= 4 is 0 Å². The first-order chi connectivity index (χ1) is 5.98. The Morgan fingerprint density at radius 1 is 0.923 bits per heavy atom. The third-order valence-electron chi connectivity index (χ3n) is 3.15. The average Bonchev–Trinajstić information content (AvgIpc) is 2.24. The van der Waals surface area contributed by atoms with Crippen LogP contribution in [0.3, 0.4) is 0 Å². The molecule has 0 spiro atoms. The number of hydrogen-bond acceptors (Lipinski definition) is 0. The van der Waals surface area contributed by atoms with Crippen LogP contribution in [-0.2, 0) is 12.8 Å². The van der Waals surface area contributed by atoms with Crippen LogP contribution in [0.2, 0.25) is 0 Å². The largest absolute Gasteiger partial charge is 0.0593 e. The van der Waals surface area contributed by atoms with Crippen molar-refractivity contribution in [1.82, 2.24) is 0 Å². The second kappa shape index (κ2) is 2.60. The fourth-order valence-electron chi connectivity index (χ4n) is 2.36. The molecule has 0 saturated carbocycles. The summed E-state index contributed by atoms with van der Waals surface area (Å²) in [5.74, 6) is 0. The van der Waals surface area contributed by atoms with E-state index in [1.54, 1.807) is 11.1 Å². The van der Waals surface area contributed by atoms with E-state index in [9.17, 15) is 0 Å². The Labute approximate surface area is 81.0 Å². The van der Waals surface area contributed by atoms with Gasteiger partial charge in [0.25, 0.3) is 0 Å². The van der Waals surface area contributed by atoms with Crippen LogP contribution in [0.5, 0.6) is 0 Å². The van der Waals surface area contributed by atoms with E-state index in [2.05, 4.69) is 39.8 Å². The van der Waals surface area contributed by atoms with Gasteiger partial charge in [0.2, 0.25) is 0 Å². The van der Waals surface area contributed by atoms with Crippen LogP contribution in [0.25, 0.3) is 0 Å². The molecular formula is C13H18. The van der Waals surface area contributed by atoms with E-state index in [0.717, 1.165) is 0 Å². The molecule has 1 aromatic rings. The maximum Gasteiger partial charge on any atom is -0.0221 e. The van der Waals surface area contributed by atoms with E-state index >= 15 is 0 Å². The van der Waals surface area contributed by atoms with Gasteiger partial charge in [-0.1, -0.05) is 26.0 Å². The molecule has 0 bridgehead atoms. The smallest absolute Gasteiger partial charge is 0.0221 e. The van der Waals surface area contributed by atoms with Crippen molar-refractivity contribution in [3.05, 3.63) is 34.4 Å². The average molecular weight is 174 g/mol. The zero-order chi connectivity index (χ0) is 9.64. The van der Waals surface area contributed by atoms with E-state index in [0.29, 0.717) is 5.41 Å². The van der Waals surface area contributed by atoms with Gasteiger partial charge in [-0.2, -0.15) is 0 Å². The molecule has 0 aliphatic heterocycles. The summed E-state index contributed by atoms with van der Waals surface area (Å²) in [5.41, 5.74) is 6.52. The third kappa shape index (κ3) is 1.50. The molecule has 0 heteroatoms. The Balaban J connectivity index is 2.48. The monoisotopic (exact) mass is 174 g/mol. The molecule has 0 heterocycles. The quantitative estimate of drug-likeness (QED) is 0.565. The van der Waals surface area contributed by atoms with E-state index in [4.69, 9.17) is 0 Å². The predicted molar refractivity (Wildman–Crippen MR) is 57.1 cm³/mol. The van der Waals surface area contributed by atoms with Crippen molar-refractivity contribution < 1.29 is 0 Å². The lowest BCUT2D eigenvalue weighted by Gasteiger charge is -2.14. The predicted octanol–water partition coefficient (Wildman–Crippen LogP) is 3.43. The lowest BCUT2D eigenvalue weighted by atomic mass is 9.90. The van der Waals surface area contributed by atoms with Crippen molar-refractivity contribution in [3.63, 3.8) is 0 Å². The van der Waals surface area contributed by atoms with Crippen molar-refractivity contribution in [2.45, 2.75) is 40.5 Å². The summed E-state index contributed by atoms with van der Waals surface area (Å²) in [6.07, 6.45) is 2.51. The van der Waals surface area contributed by atoms with E-state index in [-0.39, 0.29) is 0 Å². The molecule has 0 atom stereocenters. The first-order valence-electron chi connectivity index (χ1n) is 5.07. The number of benzene rings is 1. The highest BCUT2D eigenvalue weighted by molar-refractivity contribution is 5.41. The summed E-state index contributed by atoms with van der Waals surface area (Å²) >= 11 is 0. The Bertz CT molecular complexity index is 312. The van der Waals surface area contributed by atoms with Crippen LogP contribution in [-0.4, -0.2) is 0 Å². The standard InChI is InChI=1S/C13H18/c1-9-5-11-7-13(3,4)8-12(11)6-10(9)2/h5-6H,7-8H2,1-4H3. The molecular weight excluding hydrogens is 156 g/mol. The molecule has 0 saturated heterocycles. The van der Waals surface area contributed by atoms with Crippen LogP contribution >= 0.6 is 0 Å². The molecule has 0 nitrogen and oxygen atoms in total. The fourth-order valence-corrected chi connectivity index (χ4v) is 2.36. The summed E-state index contributed by atoms with van der Waals surface area (Å²) in [6, 6.07) is 4.75. The van der Waals surface area contributed by atoms with E-state index in [1.807, 2.05) is 0 Å². The zero-order valence-electron chi connectivity index (χ0n) is 9.07. The fraction of sp³-hybridized carbons (Fsp3) is 0.538. The highest BCUT2D eigenvalue weighted by Gasteiger charge is 2.28. The molecule has 1 aromatic carbocycles. The number of aryl methyl sites for hydroxylation is 2. The van der Waals surface area contributed by atoms with Gasteiger partial charge in [0, 0.05) is 0 Å². The molecule has 0 unspecified atom stereocenters. The highest BCUT2D eigenvalue weighted by Crippen LogP contribution is 2.37. The molecule has 70 valence electrons. The number of hydrogen-bond donors (Lipinski definition) is 0. The lowest BCUT2D eigenvalue weighted by Crippen LogP contribution is -2.09. The molecule has 1 aliphatic carbocycles. The summed E-state index contributed by atoms with van der Waals surface area (Å²) in [4.78, 5) is 0. The van der Waals surface area contributed by atoms with Crippen molar-refractivity contribution in [2.24, 2.45) is 5.41 Å². The van der Waals surface area contributed by atoms with Gasteiger partial charge in [0.05, 0.1) is 0 Å². The molecule has 13 heavy (non-hydrogen) atoms. The van der Waals surface area contributed by atoms with Gasteiger partial charge in [-0.15, -0.1) is 0 Å². The van der Waals surface area contributed by atoms with Crippen molar-refractivity contribution in [2.75, 3.05) is 0 Å². The minimum atomic E-state index is 0.489. The second-order valence-corrected chi connectivity index (χ2v) is 5.22. The van der Waals surface area contributed by atoms with E-state index < -0.39 is 0 Å². The molecule has 0 radical (unpaired) electrons. The van der Waals surface area contributed by atoms with Crippen LogP contribution in [0.1, 0.15) is 36.1 Å². The molecule has 0 fully saturated rings. The van der Waals surface area contributed by atoms with Gasteiger partial charge in [-0.05, 0) is 54.4 Å². The molecule has 2 rings (SSSR count). The van der Waals surface area contributed by atoms with Gasteiger partial charge in [0.1, 0.15) is 0 Å². The minimum Gasteiger partial charge on any atom is -0.0593 e. The highest BCUT2D eigenvalue weighted by atomic mass is 14.3. The van der Waals surface area contributed by atoms with Gasteiger partial charge < -0.3 is 0 Å². The summed E-state index contributed by atoms with van der Waals surface area (Å²) in [7, 11) is 0. The maximum atomic E-state index is 2.37. The van der Waals surface area contributed by atoms with Crippen molar-refractivity contribution in [1.29, 1.82) is 0 Å². The van der Waals surface area contributed by atoms with Crippen molar-refractivity contribution in [3.8, 4) is 0 Å². The first kappa shape index (κ1) is 8.80. The van der Waals surface area contributed by atoms with Crippen LogP contribution in [0.15, 0.2) is 12.1 Å². The SMILES string of the molecule is Cc1cc2c(cc1C)CC(C)(C)C2. The summed E-state index contributed by atoms with van der Waals surface area (Å²) in [6.45, 7) is 9.14. The van der Waals surface area contributed by atoms with Crippen LogP contribution < -0.4 is 0 Å². The van der Waals surface area contributed by atoms with Crippen LogP contribution in [0, 0.1) is 19.3 Å². The second-order valence-electron chi connectivity index (χ2n) is 5.22. The Kier molecular flexibility index (Phi) is 1.76. The van der Waals surface area contributed by atoms with Gasteiger partial charge in [0.15, 0.2) is 0 Å². The van der Waals surface area contributed by atoms with Gasteiger partial charge >= 0.3 is 0 Å². The third-order valence-corrected chi connectivity index (χ3v) is 3.15. The van der Waals surface area contributed by atoms with E-state index in [1.165, 1.54) is 24.0 Å². The number of fused-ring (bicyclic) bond motifs is 1. The normalized spacial score (nSPS) is 18.8. The topological polar surface area (TPSA) is 0 Å².